The number of pyridine rings is 1. The first-order valence-corrected chi connectivity index (χ1v) is 13.5. The van der Waals surface area contributed by atoms with Gasteiger partial charge in [0, 0.05) is 28.1 Å². The van der Waals surface area contributed by atoms with Crippen molar-refractivity contribution < 1.29 is 17.6 Å². The van der Waals surface area contributed by atoms with E-state index in [2.05, 4.69) is 15.0 Å². The summed E-state index contributed by atoms with van der Waals surface area (Å²) in [5, 5.41) is 3.41. The van der Waals surface area contributed by atoms with Crippen LogP contribution in [0.25, 0.3) is 0 Å². The number of amides is 1. The molecule has 2 heterocycles. The fraction of sp³-hybridized carbons (Fsp3) is 0.318. The van der Waals surface area contributed by atoms with Crippen molar-refractivity contribution in [1.29, 1.82) is 0 Å². The lowest BCUT2D eigenvalue weighted by Crippen LogP contribution is -2.42. The number of hydrogen-bond acceptors (Lipinski definition) is 7. The van der Waals surface area contributed by atoms with E-state index in [0.29, 0.717) is 30.1 Å². The van der Waals surface area contributed by atoms with Gasteiger partial charge in [-0.3, -0.25) is 14.3 Å². The summed E-state index contributed by atoms with van der Waals surface area (Å²) in [5.74, 6) is -1.50. The molecule has 4 N–H and O–H groups in total. The van der Waals surface area contributed by atoms with Crippen LogP contribution in [-0.2, 0) is 40.0 Å². The van der Waals surface area contributed by atoms with E-state index in [9.17, 15) is 22.4 Å². The number of aromatic nitrogens is 2. The van der Waals surface area contributed by atoms with E-state index in [1.165, 1.54) is 28.0 Å². The first-order valence-electron chi connectivity index (χ1n) is 10.7. The van der Waals surface area contributed by atoms with E-state index in [1.54, 1.807) is 13.0 Å². The molecule has 1 unspecified atom stereocenters. The normalized spacial score (nSPS) is 15.5. The number of sulfonamides is 1. The molecule has 4 rings (SSSR count). The number of nitrogen functional groups attached to an aromatic ring is 1. The molecule has 0 spiro atoms. The molecule has 9 nitrogen and oxygen atoms in total. The van der Waals surface area contributed by atoms with Crippen molar-refractivity contribution in [3.63, 3.8) is 0 Å². The molecule has 35 heavy (non-hydrogen) atoms. The van der Waals surface area contributed by atoms with Crippen LogP contribution in [0.1, 0.15) is 28.2 Å². The molecule has 13 heteroatoms. The summed E-state index contributed by atoms with van der Waals surface area (Å²) in [4.78, 5) is 31.0. The summed E-state index contributed by atoms with van der Waals surface area (Å²) in [5.41, 5.74) is 6.55. The monoisotopic (exact) mass is 539 g/mol. The molecule has 1 atom stereocenters. The predicted molar refractivity (Wildman–Crippen MR) is 134 cm³/mol. The fourth-order valence-electron chi connectivity index (χ4n) is 3.93. The molecule has 1 aliphatic carbocycles. The predicted octanol–water partition coefficient (Wildman–Crippen LogP) is 2.60. The van der Waals surface area contributed by atoms with Crippen molar-refractivity contribution in [3.05, 3.63) is 73.4 Å². The van der Waals surface area contributed by atoms with Crippen LogP contribution in [0.2, 0.25) is 5.02 Å². The van der Waals surface area contributed by atoms with E-state index in [1.807, 2.05) is 0 Å². The molecule has 1 amide bonds. The molecule has 0 saturated heterocycles. The van der Waals surface area contributed by atoms with Gasteiger partial charge in [-0.2, -0.15) is 0 Å². The zero-order chi connectivity index (χ0) is 25.3. The topological polar surface area (TPSA) is 136 Å². The van der Waals surface area contributed by atoms with E-state index in [-0.39, 0.29) is 34.8 Å². The Hall–Kier alpha value is -2.96. The zero-order valence-corrected chi connectivity index (χ0v) is 21.1. The SMILES string of the molecule is Cc1ccc(NS(=O)(=O)Cc2ccc(F)cc2Cl)c(=O)n1CC(=O)NC1CCc2nc(N)sc2C1. The Morgan fingerprint density at radius 2 is 2.11 bits per heavy atom. The van der Waals surface area contributed by atoms with Crippen LogP contribution in [0.5, 0.6) is 0 Å². The van der Waals surface area contributed by atoms with Gasteiger partial charge in [0.25, 0.3) is 5.56 Å². The Kier molecular flexibility index (Phi) is 7.15. The van der Waals surface area contributed by atoms with Gasteiger partial charge in [-0.1, -0.05) is 17.7 Å². The molecule has 3 aromatic rings. The lowest BCUT2D eigenvalue weighted by atomic mass is 9.98. The maximum absolute atomic E-state index is 13.2. The largest absolute Gasteiger partial charge is 0.375 e. The Morgan fingerprint density at radius 3 is 2.86 bits per heavy atom. The van der Waals surface area contributed by atoms with Gasteiger partial charge >= 0.3 is 0 Å². The van der Waals surface area contributed by atoms with Gasteiger partial charge in [0.1, 0.15) is 18.0 Å². The number of aryl methyl sites for hydroxylation is 2. The van der Waals surface area contributed by atoms with Crippen LogP contribution in [0.3, 0.4) is 0 Å². The van der Waals surface area contributed by atoms with Crippen LogP contribution in [0, 0.1) is 12.7 Å². The third-order valence-corrected chi connectivity index (χ3v) is 8.16. The highest BCUT2D eigenvalue weighted by molar-refractivity contribution is 7.91. The number of carbonyl (C=O) groups excluding carboxylic acids is 1. The highest BCUT2D eigenvalue weighted by Gasteiger charge is 2.24. The molecular weight excluding hydrogens is 517 g/mol. The van der Waals surface area contributed by atoms with Crippen LogP contribution < -0.4 is 21.3 Å². The molecular formula is C22H23ClFN5O4S2. The molecule has 1 aromatic carbocycles. The minimum Gasteiger partial charge on any atom is -0.375 e. The second kappa shape index (κ2) is 9.96. The first kappa shape index (κ1) is 25.1. The van der Waals surface area contributed by atoms with E-state index in [4.69, 9.17) is 17.3 Å². The van der Waals surface area contributed by atoms with Gasteiger partial charge in [0.2, 0.25) is 15.9 Å². The third kappa shape index (κ3) is 6.00. The number of benzene rings is 1. The van der Waals surface area contributed by atoms with Crippen molar-refractivity contribution in [2.24, 2.45) is 0 Å². The van der Waals surface area contributed by atoms with Crippen molar-refractivity contribution in [2.45, 2.75) is 44.5 Å². The first-order chi connectivity index (χ1) is 16.5. The summed E-state index contributed by atoms with van der Waals surface area (Å²) in [7, 11) is -4.04. The van der Waals surface area contributed by atoms with Crippen molar-refractivity contribution in [3.8, 4) is 0 Å². The molecule has 2 aromatic heterocycles. The molecule has 0 radical (unpaired) electrons. The average molecular weight is 540 g/mol. The van der Waals surface area contributed by atoms with Gasteiger partial charge in [0.05, 0.1) is 11.4 Å². The minimum atomic E-state index is -4.04. The summed E-state index contributed by atoms with van der Waals surface area (Å²) in [6.07, 6.45) is 2.04. The molecule has 0 aliphatic heterocycles. The summed E-state index contributed by atoms with van der Waals surface area (Å²) in [6, 6.07) is 6.17. The van der Waals surface area contributed by atoms with Crippen molar-refractivity contribution in [1.82, 2.24) is 14.9 Å². The number of fused-ring (bicyclic) bond motifs is 1. The maximum atomic E-state index is 13.2. The number of thiazole rings is 1. The summed E-state index contributed by atoms with van der Waals surface area (Å²) < 4.78 is 42.0. The van der Waals surface area contributed by atoms with Gasteiger partial charge in [-0.25, -0.2) is 17.8 Å². The summed E-state index contributed by atoms with van der Waals surface area (Å²) in [6.45, 7) is 1.39. The van der Waals surface area contributed by atoms with Crippen LogP contribution in [0.15, 0.2) is 35.1 Å². The van der Waals surface area contributed by atoms with Crippen LogP contribution >= 0.6 is 22.9 Å². The number of rotatable bonds is 7. The van der Waals surface area contributed by atoms with Gasteiger partial charge in [-0.05, 0) is 49.6 Å². The minimum absolute atomic E-state index is 0.0378. The Bertz CT molecular complexity index is 1450. The number of anilines is 2. The lowest BCUT2D eigenvalue weighted by Gasteiger charge is -2.23. The van der Waals surface area contributed by atoms with Crippen LogP contribution in [0.4, 0.5) is 15.2 Å². The number of nitrogens with one attached hydrogen (secondary N) is 2. The number of nitrogens with two attached hydrogens (primary N) is 1. The highest BCUT2D eigenvalue weighted by Crippen LogP contribution is 2.28. The van der Waals surface area contributed by atoms with E-state index in [0.717, 1.165) is 22.7 Å². The summed E-state index contributed by atoms with van der Waals surface area (Å²) >= 11 is 7.34. The Labute approximate surface area is 210 Å². The molecule has 0 fully saturated rings. The molecule has 0 saturated carbocycles. The number of carbonyl (C=O) groups is 1. The fourth-order valence-corrected chi connectivity index (χ4v) is 6.42. The average Bonchev–Trinajstić information content (AvgIpc) is 3.14. The second-order valence-electron chi connectivity index (χ2n) is 8.31. The van der Waals surface area contributed by atoms with Crippen LogP contribution in [-0.4, -0.2) is 29.9 Å². The molecule has 1 aliphatic rings. The third-order valence-electron chi connectivity index (χ3n) is 5.64. The highest BCUT2D eigenvalue weighted by atomic mass is 35.5. The standard InChI is InChI=1S/C22H23ClFN5O4S2/c1-12-2-6-18(28-35(32,33)11-13-3-4-14(24)8-16(13)23)21(31)29(12)10-20(30)26-15-5-7-17-19(9-15)34-22(25)27-17/h2-4,6,8,15,28H,5,7,9-11H2,1H3,(H2,25,27)(H,26,30). The van der Waals surface area contributed by atoms with Gasteiger partial charge < -0.3 is 15.6 Å². The zero-order valence-electron chi connectivity index (χ0n) is 18.7. The lowest BCUT2D eigenvalue weighted by molar-refractivity contribution is -0.122. The van der Waals surface area contributed by atoms with Gasteiger partial charge in [0.15, 0.2) is 5.13 Å². The maximum Gasteiger partial charge on any atom is 0.275 e. The number of nitrogens with zero attached hydrogens (tertiary/aromatic N) is 2. The number of halogens is 2. The second-order valence-corrected chi connectivity index (χ2v) is 11.6. The van der Waals surface area contributed by atoms with Gasteiger partial charge in [-0.15, -0.1) is 11.3 Å². The Balaban J connectivity index is 1.45. The van der Waals surface area contributed by atoms with Crippen molar-refractivity contribution in [2.75, 3.05) is 10.5 Å². The quantitative estimate of drug-likeness (QED) is 0.422. The smallest absolute Gasteiger partial charge is 0.275 e. The van der Waals surface area contributed by atoms with E-state index < -0.39 is 27.2 Å². The Morgan fingerprint density at radius 1 is 1.34 bits per heavy atom. The molecule has 0 bridgehead atoms. The van der Waals surface area contributed by atoms with E-state index >= 15 is 0 Å². The molecule has 186 valence electrons. The number of hydrogen-bond donors (Lipinski definition) is 3. The van der Waals surface area contributed by atoms with Crippen molar-refractivity contribution >= 4 is 49.7 Å².